The Morgan fingerprint density at radius 1 is 0.808 bits per heavy atom. The monoisotopic (exact) mass is 376 g/mol. The van der Waals surface area contributed by atoms with Crippen molar-refractivity contribution >= 4 is 11.9 Å². The quantitative estimate of drug-likeness (QED) is 0.580. The Bertz CT molecular complexity index is 511. The zero-order valence-electron chi connectivity index (χ0n) is 14.7. The van der Waals surface area contributed by atoms with Gasteiger partial charge in [-0.1, -0.05) is 0 Å². The zero-order valence-corrected chi connectivity index (χ0v) is 14.7. The van der Waals surface area contributed by atoms with Crippen molar-refractivity contribution in [2.75, 3.05) is 19.8 Å². The smallest absolute Gasteiger partial charge is 0.310 e. The predicted octanol–water partition coefficient (Wildman–Crippen LogP) is -0.538. The average molecular weight is 376 g/mol. The largest absolute Gasteiger partial charge is 0.466 e. The summed E-state index contributed by atoms with van der Waals surface area (Å²) in [4.78, 5) is 23.3. The highest BCUT2D eigenvalue weighted by Crippen LogP contribution is 2.40. The molecule has 0 aromatic heterocycles. The Hall–Kier alpha value is -1.30. The molecule has 0 saturated carbocycles. The van der Waals surface area contributed by atoms with E-state index in [2.05, 4.69) is 0 Å². The van der Waals surface area contributed by atoms with E-state index in [1.807, 2.05) is 0 Å². The third-order valence-corrected chi connectivity index (χ3v) is 4.26. The average Bonchev–Trinajstić information content (AvgIpc) is 3.12. The van der Waals surface area contributed by atoms with Crippen LogP contribution in [-0.2, 0) is 42.7 Å². The number of carbonyl (C=O) groups excluding carboxylic acids is 2. The zero-order chi connectivity index (χ0) is 18.7. The molecule has 3 aliphatic heterocycles. The molecule has 3 rings (SSSR count). The Kier molecular flexibility index (Phi) is 6.43. The van der Waals surface area contributed by atoms with Gasteiger partial charge in [0.05, 0.1) is 32.7 Å². The molecule has 26 heavy (non-hydrogen) atoms. The first-order chi connectivity index (χ1) is 12.5. The van der Waals surface area contributed by atoms with E-state index >= 15 is 0 Å². The van der Waals surface area contributed by atoms with Gasteiger partial charge in [-0.05, 0) is 13.8 Å². The second-order valence-electron chi connectivity index (χ2n) is 6.04. The van der Waals surface area contributed by atoms with Gasteiger partial charge >= 0.3 is 11.9 Å². The number of aliphatic hydroxyl groups is 1. The molecule has 3 saturated heterocycles. The summed E-state index contributed by atoms with van der Waals surface area (Å²) in [5.74, 6) is -0.901. The number of rotatable bonds is 7. The summed E-state index contributed by atoms with van der Waals surface area (Å²) in [6.45, 7) is 3.63. The van der Waals surface area contributed by atoms with E-state index in [1.54, 1.807) is 13.8 Å². The van der Waals surface area contributed by atoms with Crippen LogP contribution < -0.4 is 0 Å². The molecule has 0 aromatic carbocycles. The van der Waals surface area contributed by atoms with E-state index in [4.69, 9.17) is 33.2 Å². The molecular weight excluding hydrogens is 352 g/mol. The van der Waals surface area contributed by atoms with Crippen LogP contribution in [0.5, 0.6) is 0 Å². The minimum absolute atomic E-state index is 0.0617. The number of aliphatic hydroxyl groups excluding tert-OH is 1. The molecule has 0 aliphatic carbocycles. The first-order valence-electron chi connectivity index (χ1n) is 8.75. The fourth-order valence-electron chi connectivity index (χ4n) is 3.24. The van der Waals surface area contributed by atoms with Gasteiger partial charge < -0.3 is 38.3 Å². The molecule has 0 aromatic rings. The Morgan fingerprint density at radius 3 is 1.96 bits per heavy atom. The van der Waals surface area contributed by atoms with Crippen LogP contribution in [0.2, 0.25) is 0 Å². The first-order valence-corrected chi connectivity index (χ1v) is 8.75. The fourth-order valence-corrected chi connectivity index (χ4v) is 3.24. The van der Waals surface area contributed by atoms with Crippen LogP contribution in [0.4, 0.5) is 0 Å². The van der Waals surface area contributed by atoms with Gasteiger partial charge in [-0.3, -0.25) is 9.59 Å². The maximum absolute atomic E-state index is 11.7. The Morgan fingerprint density at radius 2 is 1.38 bits per heavy atom. The third kappa shape index (κ3) is 4.16. The standard InChI is InChI=1S/C16H24O10/c1-3-20-9(18)5-11-22-8(7-17)13-14(23-11)15-16(26-13)25-12(24-15)6-10(19)21-4-2/h8,11-17H,3-7H2,1-2H3. The van der Waals surface area contributed by atoms with Crippen LogP contribution in [0.25, 0.3) is 0 Å². The highest BCUT2D eigenvalue weighted by Gasteiger charge is 2.58. The number of esters is 2. The summed E-state index contributed by atoms with van der Waals surface area (Å²) in [5, 5.41) is 9.57. The number of hydrogen-bond donors (Lipinski definition) is 1. The lowest BCUT2D eigenvalue weighted by Crippen LogP contribution is -2.53. The van der Waals surface area contributed by atoms with Crippen molar-refractivity contribution in [1.29, 1.82) is 0 Å². The summed E-state index contributed by atoms with van der Waals surface area (Å²) in [6.07, 6.45) is -5.09. The van der Waals surface area contributed by atoms with Gasteiger partial charge in [0, 0.05) is 0 Å². The molecule has 0 spiro atoms. The molecule has 0 amide bonds. The molecule has 7 atom stereocenters. The molecule has 0 bridgehead atoms. The van der Waals surface area contributed by atoms with Gasteiger partial charge in [-0.2, -0.15) is 0 Å². The summed E-state index contributed by atoms with van der Waals surface area (Å²) in [7, 11) is 0. The lowest BCUT2D eigenvalue weighted by atomic mass is 10.0. The van der Waals surface area contributed by atoms with E-state index in [0.717, 1.165) is 0 Å². The normalized spacial score (nSPS) is 38.5. The molecule has 1 N–H and O–H groups in total. The summed E-state index contributed by atoms with van der Waals surface area (Å²) >= 11 is 0. The lowest BCUT2D eigenvalue weighted by Gasteiger charge is -2.38. The molecule has 3 heterocycles. The number of fused-ring (bicyclic) bond motifs is 3. The van der Waals surface area contributed by atoms with E-state index in [9.17, 15) is 14.7 Å². The van der Waals surface area contributed by atoms with Crippen LogP contribution in [0.15, 0.2) is 0 Å². The topological polar surface area (TPSA) is 119 Å². The van der Waals surface area contributed by atoms with Crippen LogP contribution in [0.3, 0.4) is 0 Å². The number of hydrogen-bond acceptors (Lipinski definition) is 10. The molecule has 148 valence electrons. The lowest BCUT2D eigenvalue weighted by molar-refractivity contribution is -0.301. The highest BCUT2D eigenvalue weighted by atomic mass is 16.8. The summed E-state index contributed by atoms with van der Waals surface area (Å²) in [6, 6.07) is 0. The minimum atomic E-state index is -0.887. The van der Waals surface area contributed by atoms with Gasteiger partial charge in [0.15, 0.2) is 18.9 Å². The van der Waals surface area contributed by atoms with E-state index in [1.165, 1.54) is 0 Å². The van der Waals surface area contributed by atoms with Gasteiger partial charge in [-0.15, -0.1) is 0 Å². The van der Waals surface area contributed by atoms with E-state index in [0.29, 0.717) is 0 Å². The molecule has 10 heteroatoms. The van der Waals surface area contributed by atoms with Crippen LogP contribution in [0, 0.1) is 0 Å². The number of carbonyl (C=O) groups is 2. The van der Waals surface area contributed by atoms with Crippen LogP contribution in [-0.4, -0.2) is 80.2 Å². The molecule has 3 aliphatic rings. The fraction of sp³-hybridized carbons (Fsp3) is 0.875. The second-order valence-corrected chi connectivity index (χ2v) is 6.04. The SMILES string of the molecule is CCOC(=O)CC1OC2OC3C(CO)OC(CC(=O)OCC)OC3C2O1. The van der Waals surface area contributed by atoms with Crippen molar-refractivity contribution in [3.8, 4) is 0 Å². The van der Waals surface area contributed by atoms with Crippen molar-refractivity contribution in [3.05, 3.63) is 0 Å². The molecular formula is C16H24O10. The van der Waals surface area contributed by atoms with E-state index < -0.39 is 55.2 Å². The van der Waals surface area contributed by atoms with Crippen molar-refractivity contribution in [2.45, 2.75) is 70.0 Å². The van der Waals surface area contributed by atoms with Crippen molar-refractivity contribution in [2.24, 2.45) is 0 Å². The van der Waals surface area contributed by atoms with Crippen molar-refractivity contribution in [1.82, 2.24) is 0 Å². The van der Waals surface area contributed by atoms with Gasteiger partial charge in [-0.25, -0.2) is 0 Å². The maximum Gasteiger partial charge on any atom is 0.310 e. The van der Waals surface area contributed by atoms with Crippen LogP contribution >= 0.6 is 0 Å². The van der Waals surface area contributed by atoms with E-state index in [-0.39, 0.29) is 32.7 Å². The Labute approximate surface area is 150 Å². The van der Waals surface area contributed by atoms with Crippen molar-refractivity contribution < 1.29 is 47.9 Å². The summed E-state index contributed by atoms with van der Waals surface area (Å²) < 4.78 is 38.2. The minimum Gasteiger partial charge on any atom is -0.466 e. The maximum atomic E-state index is 11.7. The molecule has 0 radical (unpaired) electrons. The molecule has 3 fully saturated rings. The van der Waals surface area contributed by atoms with Gasteiger partial charge in [0.2, 0.25) is 0 Å². The Balaban J connectivity index is 1.61. The first kappa shape index (κ1) is 19.5. The third-order valence-electron chi connectivity index (χ3n) is 4.26. The highest BCUT2D eigenvalue weighted by molar-refractivity contribution is 5.70. The van der Waals surface area contributed by atoms with Gasteiger partial charge in [0.25, 0.3) is 0 Å². The predicted molar refractivity (Wildman–Crippen MR) is 81.5 cm³/mol. The molecule has 10 nitrogen and oxygen atoms in total. The van der Waals surface area contributed by atoms with Gasteiger partial charge in [0.1, 0.15) is 24.4 Å². The number of ether oxygens (including phenoxy) is 7. The second kappa shape index (κ2) is 8.59. The van der Waals surface area contributed by atoms with Crippen LogP contribution in [0.1, 0.15) is 26.7 Å². The summed E-state index contributed by atoms with van der Waals surface area (Å²) in [5.41, 5.74) is 0. The molecule has 7 unspecified atom stereocenters. The van der Waals surface area contributed by atoms with Crippen molar-refractivity contribution in [3.63, 3.8) is 0 Å².